The summed E-state index contributed by atoms with van der Waals surface area (Å²) in [7, 11) is 0. The minimum absolute atomic E-state index is 0.199. The van der Waals surface area contributed by atoms with E-state index >= 15 is 0 Å². The maximum absolute atomic E-state index is 13.6. The molecule has 1 N–H and O–H groups in total. The number of nitrogens with zero attached hydrogens (tertiary/aromatic N) is 1. The van der Waals surface area contributed by atoms with E-state index in [1.165, 1.54) is 23.1 Å². The fourth-order valence-corrected chi connectivity index (χ4v) is 2.58. The first kappa shape index (κ1) is 14.9. The van der Waals surface area contributed by atoms with Gasteiger partial charge in [-0.1, -0.05) is 6.07 Å². The van der Waals surface area contributed by atoms with Crippen molar-refractivity contribution in [2.45, 2.75) is 6.04 Å². The molecule has 2 aromatic rings. The SMILES string of the molecule is O=C1NC(c2ccc(F)c(F)c2)CN1c1ccc(Br)c(F)c1. The summed E-state index contributed by atoms with van der Waals surface area (Å²) in [6.07, 6.45) is 0. The van der Waals surface area contributed by atoms with E-state index in [0.717, 1.165) is 12.1 Å². The number of carbonyl (C=O) groups excluding carboxylic acids is 1. The average Bonchev–Trinajstić information content (AvgIpc) is 2.87. The molecule has 3 rings (SSSR count). The van der Waals surface area contributed by atoms with Gasteiger partial charge in [0.25, 0.3) is 0 Å². The molecule has 1 aliphatic heterocycles. The number of carbonyl (C=O) groups is 1. The van der Waals surface area contributed by atoms with Crippen LogP contribution >= 0.6 is 15.9 Å². The number of rotatable bonds is 2. The van der Waals surface area contributed by atoms with Crippen LogP contribution < -0.4 is 10.2 Å². The molecule has 3 nitrogen and oxygen atoms in total. The lowest BCUT2D eigenvalue weighted by Crippen LogP contribution is -2.27. The van der Waals surface area contributed by atoms with E-state index in [0.29, 0.717) is 15.7 Å². The highest BCUT2D eigenvalue weighted by Crippen LogP contribution is 2.28. The van der Waals surface area contributed by atoms with Crippen molar-refractivity contribution in [3.63, 3.8) is 0 Å². The molecule has 1 saturated heterocycles. The molecule has 1 unspecified atom stereocenters. The van der Waals surface area contributed by atoms with Gasteiger partial charge in [0.05, 0.1) is 17.1 Å². The zero-order chi connectivity index (χ0) is 15.9. The third-order valence-electron chi connectivity index (χ3n) is 3.47. The Kier molecular flexibility index (Phi) is 3.82. The Morgan fingerprint density at radius 2 is 1.82 bits per heavy atom. The van der Waals surface area contributed by atoms with E-state index in [2.05, 4.69) is 21.2 Å². The van der Waals surface area contributed by atoms with Crippen LogP contribution in [0.25, 0.3) is 0 Å². The molecule has 0 aromatic heterocycles. The molecule has 0 aliphatic carbocycles. The van der Waals surface area contributed by atoms with Crippen molar-refractivity contribution in [2.24, 2.45) is 0 Å². The Balaban J connectivity index is 1.86. The molecular weight excluding hydrogens is 361 g/mol. The van der Waals surface area contributed by atoms with Gasteiger partial charge in [-0.15, -0.1) is 0 Å². The van der Waals surface area contributed by atoms with E-state index in [1.807, 2.05) is 0 Å². The summed E-state index contributed by atoms with van der Waals surface area (Å²) in [5.74, 6) is -2.40. The third kappa shape index (κ3) is 2.68. The summed E-state index contributed by atoms with van der Waals surface area (Å²) in [6, 6.07) is 6.89. The van der Waals surface area contributed by atoms with Crippen LogP contribution in [0.1, 0.15) is 11.6 Å². The van der Waals surface area contributed by atoms with Gasteiger partial charge in [-0.2, -0.15) is 0 Å². The quantitative estimate of drug-likeness (QED) is 0.846. The number of anilines is 1. The third-order valence-corrected chi connectivity index (χ3v) is 4.11. The first-order valence-electron chi connectivity index (χ1n) is 6.44. The van der Waals surface area contributed by atoms with Gasteiger partial charge in [-0.05, 0) is 51.8 Å². The number of hydrogen-bond donors (Lipinski definition) is 1. The van der Waals surface area contributed by atoms with Crippen molar-refractivity contribution in [1.82, 2.24) is 5.32 Å². The first-order valence-corrected chi connectivity index (χ1v) is 7.23. The Morgan fingerprint density at radius 3 is 2.50 bits per heavy atom. The minimum Gasteiger partial charge on any atom is -0.329 e. The zero-order valence-electron chi connectivity index (χ0n) is 11.1. The zero-order valence-corrected chi connectivity index (χ0v) is 12.7. The molecule has 0 spiro atoms. The molecule has 1 fully saturated rings. The molecule has 1 atom stereocenters. The van der Waals surface area contributed by atoms with Gasteiger partial charge < -0.3 is 5.32 Å². The maximum Gasteiger partial charge on any atom is 0.322 e. The van der Waals surface area contributed by atoms with Crippen LogP contribution in [-0.4, -0.2) is 12.6 Å². The lowest BCUT2D eigenvalue weighted by atomic mass is 10.1. The van der Waals surface area contributed by atoms with Gasteiger partial charge in [0, 0.05) is 5.69 Å². The highest BCUT2D eigenvalue weighted by atomic mass is 79.9. The number of urea groups is 1. The molecule has 1 heterocycles. The Hall–Kier alpha value is -2.02. The molecule has 2 aromatic carbocycles. The van der Waals surface area contributed by atoms with Gasteiger partial charge in [0.1, 0.15) is 5.82 Å². The smallest absolute Gasteiger partial charge is 0.322 e. The monoisotopic (exact) mass is 370 g/mol. The summed E-state index contributed by atoms with van der Waals surface area (Å²) >= 11 is 3.05. The number of halogens is 4. The summed E-state index contributed by atoms with van der Waals surface area (Å²) < 4.78 is 40.1. The van der Waals surface area contributed by atoms with E-state index < -0.39 is 29.5 Å². The summed E-state index contributed by atoms with van der Waals surface area (Å²) in [4.78, 5) is 13.4. The predicted octanol–water partition coefficient (Wildman–Crippen LogP) is 4.14. The first-order chi connectivity index (χ1) is 10.5. The van der Waals surface area contributed by atoms with Crippen molar-refractivity contribution >= 4 is 27.6 Å². The molecule has 2 amide bonds. The van der Waals surface area contributed by atoms with E-state index in [9.17, 15) is 18.0 Å². The second-order valence-corrected chi connectivity index (χ2v) is 5.74. The standard InChI is InChI=1S/C15H10BrF3N2O/c16-10-3-2-9(6-12(10)18)21-7-14(20-15(21)22)8-1-4-11(17)13(19)5-8/h1-6,14H,7H2,(H,20,22). The number of benzene rings is 2. The van der Waals surface area contributed by atoms with Crippen LogP contribution in [0.4, 0.5) is 23.7 Å². The van der Waals surface area contributed by atoms with Gasteiger partial charge in [0.15, 0.2) is 11.6 Å². The molecule has 114 valence electrons. The van der Waals surface area contributed by atoms with Crippen molar-refractivity contribution in [2.75, 3.05) is 11.4 Å². The minimum atomic E-state index is -0.972. The van der Waals surface area contributed by atoms with Crippen LogP contribution in [0.3, 0.4) is 0 Å². The van der Waals surface area contributed by atoms with E-state index in [-0.39, 0.29) is 6.54 Å². The second-order valence-electron chi connectivity index (χ2n) is 4.88. The highest BCUT2D eigenvalue weighted by Gasteiger charge is 2.31. The summed E-state index contributed by atoms with van der Waals surface area (Å²) in [5, 5.41) is 2.66. The van der Waals surface area contributed by atoms with Gasteiger partial charge >= 0.3 is 6.03 Å². The Labute approximate surface area is 132 Å². The largest absolute Gasteiger partial charge is 0.329 e. The molecule has 7 heteroatoms. The Morgan fingerprint density at radius 1 is 1.05 bits per heavy atom. The van der Waals surface area contributed by atoms with Crippen molar-refractivity contribution in [1.29, 1.82) is 0 Å². The second kappa shape index (κ2) is 5.64. The molecule has 1 aliphatic rings. The summed E-state index contributed by atoms with van der Waals surface area (Å²) in [6.45, 7) is 0.199. The van der Waals surface area contributed by atoms with Crippen LogP contribution in [0.15, 0.2) is 40.9 Å². The fourth-order valence-electron chi connectivity index (χ4n) is 2.33. The van der Waals surface area contributed by atoms with Gasteiger partial charge in [-0.25, -0.2) is 18.0 Å². The fraction of sp³-hybridized carbons (Fsp3) is 0.133. The van der Waals surface area contributed by atoms with Crippen LogP contribution in [0.5, 0.6) is 0 Å². The number of hydrogen-bond acceptors (Lipinski definition) is 1. The Bertz CT molecular complexity index is 754. The lowest BCUT2D eigenvalue weighted by Gasteiger charge is -2.15. The van der Waals surface area contributed by atoms with Gasteiger partial charge in [0.2, 0.25) is 0 Å². The van der Waals surface area contributed by atoms with Crippen LogP contribution in [0.2, 0.25) is 0 Å². The highest BCUT2D eigenvalue weighted by molar-refractivity contribution is 9.10. The van der Waals surface area contributed by atoms with Crippen molar-refractivity contribution in [3.8, 4) is 0 Å². The molecule has 0 bridgehead atoms. The molecular formula is C15H10BrF3N2O. The normalized spacial score (nSPS) is 17.7. The number of nitrogens with one attached hydrogen (secondary N) is 1. The topological polar surface area (TPSA) is 32.3 Å². The molecule has 22 heavy (non-hydrogen) atoms. The van der Waals surface area contributed by atoms with E-state index in [4.69, 9.17) is 0 Å². The van der Waals surface area contributed by atoms with E-state index in [1.54, 1.807) is 6.07 Å². The maximum atomic E-state index is 13.6. The molecule has 0 radical (unpaired) electrons. The average molecular weight is 371 g/mol. The molecule has 0 saturated carbocycles. The van der Waals surface area contributed by atoms with Crippen LogP contribution in [0, 0.1) is 17.5 Å². The van der Waals surface area contributed by atoms with Crippen molar-refractivity contribution in [3.05, 3.63) is 63.9 Å². The number of amides is 2. The van der Waals surface area contributed by atoms with Crippen molar-refractivity contribution < 1.29 is 18.0 Å². The van der Waals surface area contributed by atoms with Crippen LogP contribution in [-0.2, 0) is 0 Å². The predicted molar refractivity (Wildman–Crippen MR) is 79.1 cm³/mol. The lowest BCUT2D eigenvalue weighted by molar-refractivity contribution is 0.251. The van der Waals surface area contributed by atoms with Gasteiger partial charge in [-0.3, -0.25) is 4.90 Å². The summed E-state index contributed by atoms with van der Waals surface area (Å²) in [5.41, 5.74) is 0.843.